The Hall–Kier alpha value is -1.60. The standard InChI is InChI=1S/C23H38O6S/c1-5-7-17-23(28-19(3)24)29-22-16-12-15-20(21(22)13-6-2)14-10-8-9-11-18-27-30(4,25)26/h12,15-16,23H,5-11,13-14,17-18H2,1-4H3. The highest BCUT2D eigenvalue weighted by molar-refractivity contribution is 7.85. The molecule has 30 heavy (non-hydrogen) atoms. The molecule has 1 rings (SSSR count). The molecule has 7 heteroatoms. The number of esters is 1. The van der Waals surface area contributed by atoms with E-state index >= 15 is 0 Å². The molecule has 0 fully saturated rings. The summed E-state index contributed by atoms with van der Waals surface area (Å²) in [5.41, 5.74) is 2.45. The fourth-order valence-corrected chi connectivity index (χ4v) is 3.73. The summed E-state index contributed by atoms with van der Waals surface area (Å²) < 4.78 is 38.2. The number of carbonyl (C=O) groups excluding carboxylic acids is 1. The van der Waals surface area contributed by atoms with Crippen LogP contribution in [0.25, 0.3) is 0 Å². The second kappa shape index (κ2) is 14.4. The Balaban J connectivity index is 2.68. The maximum absolute atomic E-state index is 11.4. The largest absolute Gasteiger partial charge is 0.454 e. The minimum Gasteiger partial charge on any atom is -0.454 e. The molecule has 0 saturated carbocycles. The van der Waals surface area contributed by atoms with Gasteiger partial charge in [-0.2, -0.15) is 8.42 Å². The van der Waals surface area contributed by atoms with Crippen LogP contribution < -0.4 is 4.74 Å². The molecule has 1 aromatic rings. The van der Waals surface area contributed by atoms with Crippen LogP contribution in [0.15, 0.2) is 18.2 Å². The quantitative estimate of drug-likeness (QED) is 0.152. The summed E-state index contributed by atoms with van der Waals surface area (Å²) in [6, 6.07) is 6.09. The normalized spacial score (nSPS) is 12.5. The Kier molecular flexibility index (Phi) is 12.7. The Morgan fingerprint density at radius 1 is 1.00 bits per heavy atom. The number of unbranched alkanes of at least 4 members (excludes halogenated alkanes) is 4. The Morgan fingerprint density at radius 2 is 1.73 bits per heavy atom. The molecule has 0 amide bonds. The van der Waals surface area contributed by atoms with Gasteiger partial charge < -0.3 is 9.47 Å². The number of carbonyl (C=O) groups is 1. The van der Waals surface area contributed by atoms with Gasteiger partial charge in [0.2, 0.25) is 6.29 Å². The lowest BCUT2D eigenvalue weighted by molar-refractivity contribution is -0.161. The second-order valence-corrected chi connectivity index (χ2v) is 9.28. The lowest BCUT2D eigenvalue weighted by Crippen LogP contribution is -2.23. The van der Waals surface area contributed by atoms with Crippen molar-refractivity contribution in [2.24, 2.45) is 0 Å². The SMILES string of the molecule is CCCCC(OC(C)=O)Oc1cccc(CCCCCCOS(C)(=O)=O)c1CCC. The van der Waals surface area contributed by atoms with Crippen molar-refractivity contribution in [3.8, 4) is 5.75 Å². The van der Waals surface area contributed by atoms with Crippen molar-refractivity contribution in [3.05, 3.63) is 29.3 Å². The number of ether oxygens (including phenoxy) is 2. The van der Waals surface area contributed by atoms with Gasteiger partial charge in [0.05, 0.1) is 12.9 Å². The van der Waals surface area contributed by atoms with Crippen LogP contribution >= 0.6 is 0 Å². The first-order chi connectivity index (χ1) is 14.3. The average Bonchev–Trinajstić information content (AvgIpc) is 2.66. The van der Waals surface area contributed by atoms with Crippen molar-refractivity contribution in [2.45, 2.75) is 91.3 Å². The molecule has 1 aromatic carbocycles. The van der Waals surface area contributed by atoms with Crippen molar-refractivity contribution in [1.29, 1.82) is 0 Å². The topological polar surface area (TPSA) is 78.9 Å². The van der Waals surface area contributed by atoms with Crippen LogP contribution in [0.5, 0.6) is 5.75 Å². The molecule has 1 atom stereocenters. The molecule has 0 saturated heterocycles. The summed E-state index contributed by atoms with van der Waals surface area (Å²) in [6.07, 6.45) is 9.70. The molecule has 0 spiro atoms. The van der Waals surface area contributed by atoms with Crippen molar-refractivity contribution in [2.75, 3.05) is 12.9 Å². The fraction of sp³-hybridized carbons (Fsp3) is 0.696. The average molecular weight is 443 g/mol. The summed E-state index contributed by atoms with van der Waals surface area (Å²) in [6.45, 7) is 5.90. The van der Waals surface area contributed by atoms with Crippen LogP contribution in [0.3, 0.4) is 0 Å². The summed E-state index contributed by atoms with van der Waals surface area (Å²) in [5.74, 6) is 0.474. The number of rotatable bonds is 16. The minimum atomic E-state index is -3.35. The van der Waals surface area contributed by atoms with Crippen molar-refractivity contribution >= 4 is 16.1 Å². The highest BCUT2D eigenvalue weighted by Crippen LogP contribution is 2.28. The van der Waals surface area contributed by atoms with Gasteiger partial charge in [-0.25, -0.2) is 0 Å². The van der Waals surface area contributed by atoms with Crippen LogP contribution in [0.1, 0.15) is 83.3 Å². The van der Waals surface area contributed by atoms with Gasteiger partial charge in [0.15, 0.2) is 0 Å². The summed E-state index contributed by atoms with van der Waals surface area (Å²) in [4.78, 5) is 11.4. The Bertz CT molecular complexity index is 729. The van der Waals surface area contributed by atoms with Gasteiger partial charge in [0, 0.05) is 13.3 Å². The summed E-state index contributed by atoms with van der Waals surface area (Å²) in [5, 5.41) is 0. The van der Waals surface area contributed by atoms with E-state index in [9.17, 15) is 13.2 Å². The zero-order valence-corrected chi connectivity index (χ0v) is 19.8. The molecule has 6 nitrogen and oxygen atoms in total. The van der Waals surface area contributed by atoms with E-state index < -0.39 is 16.4 Å². The molecular weight excluding hydrogens is 404 g/mol. The second-order valence-electron chi connectivity index (χ2n) is 7.63. The van der Waals surface area contributed by atoms with E-state index in [1.54, 1.807) is 0 Å². The van der Waals surface area contributed by atoms with Crippen LogP contribution in [-0.4, -0.2) is 33.5 Å². The summed E-state index contributed by atoms with van der Waals surface area (Å²) in [7, 11) is -3.35. The van der Waals surface area contributed by atoms with E-state index in [-0.39, 0.29) is 12.6 Å². The van der Waals surface area contributed by atoms with Crippen LogP contribution in [0.4, 0.5) is 0 Å². The molecule has 0 aliphatic heterocycles. The third kappa shape index (κ3) is 11.6. The van der Waals surface area contributed by atoms with Gasteiger partial charge in [-0.1, -0.05) is 51.7 Å². The highest BCUT2D eigenvalue weighted by atomic mass is 32.2. The van der Waals surface area contributed by atoms with Gasteiger partial charge in [0.1, 0.15) is 5.75 Å². The molecule has 0 aliphatic rings. The molecule has 0 N–H and O–H groups in total. The van der Waals surface area contributed by atoms with E-state index in [0.29, 0.717) is 6.42 Å². The van der Waals surface area contributed by atoms with Gasteiger partial charge in [-0.15, -0.1) is 0 Å². The third-order valence-electron chi connectivity index (χ3n) is 4.72. The first-order valence-corrected chi connectivity index (χ1v) is 12.9. The smallest absolute Gasteiger partial charge is 0.305 e. The van der Waals surface area contributed by atoms with E-state index in [0.717, 1.165) is 69.8 Å². The molecule has 172 valence electrons. The van der Waals surface area contributed by atoms with Crippen LogP contribution in [0, 0.1) is 0 Å². The summed E-state index contributed by atoms with van der Waals surface area (Å²) >= 11 is 0. The van der Waals surface area contributed by atoms with Crippen LogP contribution in [0.2, 0.25) is 0 Å². The molecule has 0 aliphatic carbocycles. The van der Waals surface area contributed by atoms with Gasteiger partial charge in [-0.05, 0) is 49.3 Å². The predicted octanol–water partition coefficient (Wildman–Crippen LogP) is 5.18. The van der Waals surface area contributed by atoms with Crippen molar-refractivity contribution in [3.63, 3.8) is 0 Å². The minimum absolute atomic E-state index is 0.249. The van der Waals surface area contributed by atoms with E-state index in [2.05, 4.69) is 19.9 Å². The lowest BCUT2D eigenvalue weighted by atomic mass is 9.97. The van der Waals surface area contributed by atoms with Gasteiger partial charge in [-0.3, -0.25) is 8.98 Å². The maximum atomic E-state index is 11.4. The Morgan fingerprint density at radius 3 is 2.37 bits per heavy atom. The molecule has 0 heterocycles. The molecular formula is C23H38O6S. The van der Waals surface area contributed by atoms with Crippen molar-refractivity contribution < 1.29 is 26.9 Å². The fourth-order valence-electron chi connectivity index (χ4n) is 3.31. The van der Waals surface area contributed by atoms with Crippen molar-refractivity contribution in [1.82, 2.24) is 0 Å². The number of hydrogen-bond donors (Lipinski definition) is 0. The van der Waals surface area contributed by atoms with Gasteiger partial charge in [0.25, 0.3) is 10.1 Å². The molecule has 0 radical (unpaired) electrons. The van der Waals surface area contributed by atoms with E-state index in [4.69, 9.17) is 13.7 Å². The molecule has 0 aromatic heterocycles. The zero-order chi connectivity index (χ0) is 22.4. The van der Waals surface area contributed by atoms with Crippen LogP contribution in [-0.2, 0) is 36.7 Å². The zero-order valence-electron chi connectivity index (χ0n) is 18.9. The molecule has 1 unspecified atom stereocenters. The number of hydrogen-bond acceptors (Lipinski definition) is 6. The first kappa shape index (κ1) is 26.4. The highest BCUT2D eigenvalue weighted by Gasteiger charge is 2.17. The van der Waals surface area contributed by atoms with E-state index in [1.807, 2.05) is 12.1 Å². The van der Waals surface area contributed by atoms with Gasteiger partial charge >= 0.3 is 5.97 Å². The lowest BCUT2D eigenvalue weighted by Gasteiger charge is -2.22. The predicted molar refractivity (Wildman–Crippen MR) is 119 cm³/mol. The van der Waals surface area contributed by atoms with E-state index in [1.165, 1.54) is 18.1 Å². The first-order valence-electron chi connectivity index (χ1n) is 11.1. The third-order valence-corrected chi connectivity index (χ3v) is 5.31. The maximum Gasteiger partial charge on any atom is 0.305 e. The molecule has 0 bridgehead atoms. The monoisotopic (exact) mass is 442 g/mol. The number of aryl methyl sites for hydroxylation is 1. The Labute approximate surface area is 182 Å². The number of benzene rings is 1.